The zero-order valence-corrected chi connectivity index (χ0v) is 21.8. The van der Waals surface area contributed by atoms with Crippen LogP contribution in [0.25, 0.3) is 11.3 Å². The zero-order chi connectivity index (χ0) is 17.6. The zero-order valence-electron chi connectivity index (χ0n) is 17.8. The van der Waals surface area contributed by atoms with Crippen LogP contribution >= 0.6 is 0 Å². The summed E-state index contributed by atoms with van der Waals surface area (Å²) in [7, 11) is 0. The van der Waals surface area contributed by atoms with Crippen molar-refractivity contribution in [1.29, 1.82) is 0 Å². The van der Waals surface area contributed by atoms with E-state index >= 15 is 0 Å². The number of rotatable bonds is 2. The van der Waals surface area contributed by atoms with E-state index in [-0.39, 0.29) is 62.8 Å². The molecule has 0 unspecified atom stereocenters. The van der Waals surface area contributed by atoms with Crippen LogP contribution in [0, 0.1) is 34.9 Å². The molecule has 148 valence electrons. The van der Waals surface area contributed by atoms with Crippen molar-refractivity contribution in [2.24, 2.45) is 4.99 Å². The minimum Gasteiger partial charge on any atom is -0.589 e. The van der Waals surface area contributed by atoms with E-state index in [9.17, 15) is 0 Å². The minimum absolute atomic E-state index is 0. The second-order valence-electron chi connectivity index (χ2n) is 5.22. The molecule has 0 saturated carbocycles. The van der Waals surface area contributed by atoms with Crippen LogP contribution in [0.5, 0.6) is 0 Å². The SMILES string of the molecule is [C-]1=CC2=CC=CC2=N1.[CH2-]CCC.[CH2-]CCC.[CH3-].[CH3-].[Ti+3].[Zr+3].c1cc2c[cH-]oc-2c1. The van der Waals surface area contributed by atoms with Crippen LogP contribution < -0.4 is 0 Å². The maximum Gasteiger partial charge on any atom is 3.00 e. The van der Waals surface area contributed by atoms with E-state index in [0.717, 1.165) is 24.3 Å². The third kappa shape index (κ3) is 13.5. The molecule has 0 N–H and O–H groups in total. The Bertz CT molecular complexity index is 570. The van der Waals surface area contributed by atoms with Crippen molar-refractivity contribution >= 4 is 5.71 Å². The molecule has 0 fully saturated rings. The Morgan fingerprint density at radius 2 is 1.71 bits per heavy atom. The Balaban J connectivity index is -0.000000138. The van der Waals surface area contributed by atoms with Crippen LogP contribution in [0.1, 0.15) is 39.5 Å². The van der Waals surface area contributed by atoms with Gasteiger partial charge in [0, 0.05) is 0 Å². The largest absolute Gasteiger partial charge is 3.00 e. The van der Waals surface area contributed by atoms with Gasteiger partial charge >= 0.3 is 47.9 Å². The molecule has 2 radical (unpaired) electrons. The molecule has 0 bridgehead atoms. The summed E-state index contributed by atoms with van der Waals surface area (Å²) in [6, 6.07) is 7.91. The Hall–Kier alpha value is -0.623. The van der Waals surface area contributed by atoms with E-state index in [4.69, 9.17) is 4.42 Å². The van der Waals surface area contributed by atoms with Gasteiger partial charge in [0.05, 0.1) is 0 Å². The third-order valence-corrected chi connectivity index (χ3v) is 3.19. The van der Waals surface area contributed by atoms with Gasteiger partial charge in [-0.3, -0.25) is 0 Å². The number of allylic oxidation sites excluding steroid dienone is 5. The number of aliphatic imine (C=N–C) groups is 1. The van der Waals surface area contributed by atoms with E-state index in [1.165, 1.54) is 24.0 Å². The van der Waals surface area contributed by atoms with Crippen LogP contribution in [-0.2, 0) is 47.9 Å². The molecular formula is C24H33NOTiZr. The van der Waals surface area contributed by atoms with E-state index in [1.807, 2.05) is 48.6 Å². The number of furan rings is 1. The smallest absolute Gasteiger partial charge is 0.589 e. The summed E-state index contributed by atoms with van der Waals surface area (Å²) < 4.78 is 5.06. The Morgan fingerprint density at radius 3 is 2.21 bits per heavy atom. The van der Waals surface area contributed by atoms with Gasteiger partial charge in [-0.1, -0.05) is 56.8 Å². The number of nitrogens with zero attached hydrogens (tertiary/aromatic N) is 1. The Labute approximate surface area is 208 Å². The van der Waals surface area contributed by atoms with Crippen LogP contribution in [0.4, 0.5) is 0 Å². The first-order valence-corrected chi connectivity index (χ1v) is 8.49. The molecule has 4 aliphatic rings. The average Bonchev–Trinajstić information content (AvgIpc) is 3.35. The monoisotopic (exact) mass is 489 g/mol. The molecule has 0 spiro atoms. The van der Waals surface area contributed by atoms with Gasteiger partial charge in [0.25, 0.3) is 0 Å². The van der Waals surface area contributed by atoms with E-state index < -0.39 is 0 Å². The van der Waals surface area contributed by atoms with Crippen molar-refractivity contribution in [3.05, 3.63) is 95.3 Å². The van der Waals surface area contributed by atoms with Crippen molar-refractivity contribution < 1.29 is 52.3 Å². The molecule has 0 aromatic rings. The molecule has 2 aliphatic carbocycles. The Morgan fingerprint density at radius 1 is 1.11 bits per heavy atom. The van der Waals surface area contributed by atoms with Gasteiger partial charge < -0.3 is 38.1 Å². The maximum atomic E-state index is 5.06. The van der Waals surface area contributed by atoms with Gasteiger partial charge in [-0.2, -0.15) is 24.5 Å². The van der Waals surface area contributed by atoms with Gasteiger partial charge in [-0.15, -0.1) is 29.8 Å². The molecule has 2 heterocycles. The summed E-state index contributed by atoms with van der Waals surface area (Å²) in [5.41, 5.74) is 3.42. The second kappa shape index (κ2) is 22.7. The summed E-state index contributed by atoms with van der Waals surface area (Å²) in [6.45, 7) is 11.4. The van der Waals surface area contributed by atoms with E-state index in [1.54, 1.807) is 6.26 Å². The summed E-state index contributed by atoms with van der Waals surface area (Å²) in [6.07, 6.45) is 16.9. The summed E-state index contributed by atoms with van der Waals surface area (Å²) >= 11 is 0. The van der Waals surface area contributed by atoms with Crippen molar-refractivity contribution in [2.75, 3.05) is 0 Å². The van der Waals surface area contributed by atoms with Crippen molar-refractivity contribution in [1.82, 2.24) is 0 Å². The molecule has 0 saturated heterocycles. The molecule has 2 nitrogen and oxygen atoms in total. The molecule has 4 rings (SSSR count). The first-order valence-electron chi connectivity index (χ1n) is 8.49. The summed E-state index contributed by atoms with van der Waals surface area (Å²) in [5, 5.41) is 0. The van der Waals surface area contributed by atoms with Crippen LogP contribution in [0.3, 0.4) is 0 Å². The Kier molecular flexibility index (Phi) is 28.2. The fourth-order valence-corrected chi connectivity index (χ4v) is 1.66. The maximum absolute atomic E-state index is 5.06. The number of unbranched alkanes of at least 4 members (excludes halogenated alkanes) is 2. The quantitative estimate of drug-likeness (QED) is 0.316. The van der Waals surface area contributed by atoms with Crippen LogP contribution in [0.2, 0.25) is 0 Å². The fraction of sp³-hybridized carbons (Fsp3) is 0.250. The first-order chi connectivity index (χ1) is 11.8. The summed E-state index contributed by atoms with van der Waals surface area (Å²) in [4.78, 5) is 3.95. The number of hydrogen-bond donors (Lipinski definition) is 0. The molecular weight excluding hydrogens is 457 g/mol. The van der Waals surface area contributed by atoms with Crippen molar-refractivity contribution in [3.8, 4) is 11.3 Å². The molecule has 4 heteroatoms. The van der Waals surface area contributed by atoms with Gasteiger partial charge in [0.15, 0.2) is 0 Å². The third-order valence-electron chi connectivity index (χ3n) is 3.19. The first kappa shape index (κ1) is 34.9. The standard InChI is InChI=1S/C7H4N.C7H5O.2C4H9.2CH3.Ti.Zr/c2*1-2-6-4-5-8-7(6)3-1;2*1-3-4-2;;;;/h1-4H;1-5H;2*1,3-4H2,2H3;2*1H3;;/q6*-1;2*+3. The number of fused-ring (bicyclic) bond motifs is 2. The van der Waals surface area contributed by atoms with Crippen LogP contribution in [-0.4, -0.2) is 5.71 Å². The van der Waals surface area contributed by atoms with Crippen LogP contribution in [0.15, 0.2) is 69.8 Å². The molecule has 0 aromatic carbocycles. The molecule has 0 aromatic heterocycles. The predicted octanol–water partition coefficient (Wildman–Crippen LogP) is 7.49. The topological polar surface area (TPSA) is 25.5 Å². The van der Waals surface area contributed by atoms with Gasteiger partial charge in [0.2, 0.25) is 0 Å². The van der Waals surface area contributed by atoms with E-state index in [2.05, 4.69) is 38.9 Å². The summed E-state index contributed by atoms with van der Waals surface area (Å²) in [5.74, 6) is 0.977. The number of hydrogen-bond acceptors (Lipinski definition) is 2. The predicted molar refractivity (Wildman–Crippen MR) is 117 cm³/mol. The second-order valence-corrected chi connectivity index (χ2v) is 5.22. The van der Waals surface area contributed by atoms with Gasteiger partial charge in [-0.25, -0.2) is 0 Å². The molecule has 2 aliphatic heterocycles. The average molecular weight is 491 g/mol. The van der Waals surface area contributed by atoms with E-state index in [0.29, 0.717) is 0 Å². The fourth-order valence-electron chi connectivity index (χ4n) is 1.66. The van der Waals surface area contributed by atoms with Crippen molar-refractivity contribution in [3.63, 3.8) is 0 Å². The normalized spacial score (nSPS) is 11.1. The van der Waals surface area contributed by atoms with Gasteiger partial charge in [0.1, 0.15) is 0 Å². The molecule has 0 amide bonds. The van der Waals surface area contributed by atoms with Crippen molar-refractivity contribution in [2.45, 2.75) is 39.5 Å². The molecule has 0 atom stereocenters. The minimum atomic E-state index is 0. The molecule has 28 heavy (non-hydrogen) atoms. The van der Waals surface area contributed by atoms with Gasteiger partial charge in [-0.05, 0) is 12.0 Å².